The Labute approximate surface area is 161 Å². The van der Waals surface area contributed by atoms with Gasteiger partial charge in [-0.15, -0.1) is 0 Å². The quantitative estimate of drug-likeness (QED) is 0.608. The van der Waals surface area contributed by atoms with E-state index < -0.39 is 12.1 Å². The number of aromatic nitrogens is 2. The van der Waals surface area contributed by atoms with Crippen LogP contribution in [-0.2, 0) is 11.3 Å². The molecule has 1 aromatic heterocycles. The van der Waals surface area contributed by atoms with Gasteiger partial charge in [-0.3, -0.25) is 9.36 Å². The van der Waals surface area contributed by atoms with Crippen LogP contribution in [0.25, 0.3) is 10.9 Å². The Morgan fingerprint density at radius 1 is 1.21 bits per heavy atom. The lowest BCUT2D eigenvalue weighted by molar-refractivity contribution is 0.186. The van der Waals surface area contributed by atoms with E-state index in [0.717, 1.165) is 0 Å². The molecule has 28 heavy (non-hydrogen) atoms. The topological polar surface area (TPSA) is 105 Å². The van der Waals surface area contributed by atoms with Gasteiger partial charge in [-0.1, -0.05) is 12.1 Å². The van der Waals surface area contributed by atoms with Gasteiger partial charge in [0.25, 0.3) is 5.56 Å². The lowest BCUT2D eigenvalue weighted by atomic mass is 10.1. The number of anilines is 2. The molecule has 146 valence electrons. The summed E-state index contributed by atoms with van der Waals surface area (Å²) >= 11 is 0. The van der Waals surface area contributed by atoms with E-state index in [9.17, 15) is 14.7 Å². The summed E-state index contributed by atoms with van der Waals surface area (Å²) in [5.41, 5.74) is 2.08. The Morgan fingerprint density at radius 3 is 2.68 bits per heavy atom. The van der Waals surface area contributed by atoms with E-state index in [2.05, 4.69) is 15.6 Å². The van der Waals surface area contributed by atoms with Gasteiger partial charge in [0, 0.05) is 18.5 Å². The summed E-state index contributed by atoms with van der Waals surface area (Å²) in [5.74, 6) is 0. The zero-order chi connectivity index (χ0) is 20.1. The number of urea groups is 1. The molecule has 0 radical (unpaired) electrons. The van der Waals surface area contributed by atoms with E-state index >= 15 is 0 Å². The summed E-state index contributed by atoms with van der Waals surface area (Å²) < 4.78 is 6.47. The van der Waals surface area contributed by atoms with Gasteiger partial charge in [0.05, 0.1) is 36.5 Å². The zero-order valence-electron chi connectivity index (χ0n) is 15.7. The van der Waals surface area contributed by atoms with Crippen LogP contribution in [-0.4, -0.2) is 34.4 Å². The van der Waals surface area contributed by atoms with Crippen molar-refractivity contribution in [3.63, 3.8) is 0 Å². The van der Waals surface area contributed by atoms with Crippen molar-refractivity contribution < 1.29 is 14.6 Å². The third-order valence-electron chi connectivity index (χ3n) is 4.25. The molecule has 0 saturated carbocycles. The van der Waals surface area contributed by atoms with Crippen molar-refractivity contribution in [2.24, 2.45) is 0 Å². The number of rotatable bonds is 6. The molecule has 3 N–H and O–H groups in total. The maximum absolute atomic E-state index is 12.6. The predicted octanol–water partition coefficient (Wildman–Crippen LogP) is 2.74. The molecule has 0 spiro atoms. The highest BCUT2D eigenvalue weighted by Crippen LogP contribution is 2.18. The van der Waals surface area contributed by atoms with Gasteiger partial charge in [-0.25, -0.2) is 9.78 Å². The summed E-state index contributed by atoms with van der Waals surface area (Å²) in [6.07, 6.45) is 0.858. The molecule has 3 aromatic rings. The van der Waals surface area contributed by atoms with E-state index in [1.165, 1.54) is 10.9 Å². The number of amides is 2. The van der Waals surface area contributed by atoms with Crippen LogP contribution >= 0.6 is 0 Å². The normalized spacial score (nSPS) is 12.0. The van der Waals surface area contributed by atoms with Crippen LogP contribution in [0.4, 0.5) is 16.2 Å². The molecule has 1 heterocycles. The second-order valence-electron chi connectivity index (χ2n) is 6.35. The minimum atomic E-state index is -0.627. The van der Waals surface area contributed by atoms with Crippen molar-refractivity contribution in [3.8, 4) is 0 Å². The van der Waals surface area contributed by atoms with Crippen LogP contribution in [0.3, 0.4) is 0 Å². The van der Waals surface area contributed by atoms with Gasteiger partial charge in [0.2, 0.25) is 0 Å². The van der Waals surface area contributed by atoms with E-state index in [-0.39, 0.29) is 5.56 Å². The Hall–Kier alpha value is -3.23. The van der Waals surface area contributed by atoms with Gasteiger partial charge in [0.1, 0.15) is 0 Å². The number of aliphatic hydroxyl groups excluding tert-OH is 1. The van der Waals surface area contributed by atoms with Gasteiger partial charge in [0.15, 0.2) is 0 Å². The maximum atomic E-state index is 12.6. The summed E-state index contributed by atoms with van der Waals surface area (Å²) in [5, 5.41) is 15.5. The average molecular weight is 382 g/mol. The van der Waals surface area contributed by atoms with E-state index in [4.69, 9.17) is 4.74 Å². The minimum absolute atomic E-state index is 0.198. The fraction of sp³-hybridized carbons (Fsp3) is 0.250. The molecular weight excluding hydrogens is 360 g/mol. The number of fused-ring (bicyclic) bond motifs is 1. The van der Waals surface area contributed by atoms with Crippen LogP contribution in [0.15, 0.2) is 53.6 Å². The zero-order valence-corrected chi connectivity index (χ0v) is 15.7. The number of aliphatic hydroxyl groups is 1. The molecule has 2 amide bonds. The molecule has 0 saturated heterocycles. The molecule has 0 bridgehead atoms. The summed E-state index contributed by atoms with van der Waals surface area (Å²) in [4.78, 5) is 29.1. The first-order valence-corrected chi connectivity index (χ1v) is 8.82. The van der Waals surface area contributed by atoms with Crippen molar-refractivity contribution in [2.75, 3.05) is 24.4 Å². The van der Waals surface area contributed by atoms with Crippen LogP contribution < -0.4 is 16.2 Å². The first kappa shape index (κ1) is 19.5. The monoisotopic (exact) mass is 382 g/mol. The van der Waals surface area contributed by atoms with Gasteiger partial charge in [-0.2, -0.15) is 0 Å². The van der Waals surface area contributed by atoms with E-state index in [1.807, 2.05) is 0 Å². The van der Waals surface area contributed by atoms with Crippen molar-refractivity contribution >= 4 is 28.3 Å². The lowest BCUT2D eigenvalue weighted by Crippen LogP contribution is -2.23. The van der Waals surface area contributed by atoms with Gasteiger partial charge >= 0.3 is 6.03 Å². The number of hydrogen-bond donors (Lipinski definition) is 3. The molecule has 1 unspecified atom stereocenters. The third-order valence-corrected chi connectivity index (χ3v) is 4.25. The molecule has 0 aliphatic carbocycles. The molecular formula is C20H22N4O4. The number of nitrogens with zero attached hydrogens (tertiary/aromatic N) is 2. The molecule has 0 aliphatic heterocycles. The standard InChI is InChI=1S/C20H22N4O4/c1-13(25)14-4-3-5-15(10-14)22-20(27)23-16-6-7-18-17(11-16)19(26)24(12-21-18)8-9-28-2/h3-7,10-13,25H,8-9H2,1-2H3,(H2,22,23,27). The number of nitrogens with one attached hydrogen (secondary N) is 2. The summed E-state index contributed by atoms with van der Waals surface area (Å²) in [6.45, 7) is 2.46. The molecule has 8 heteroatoms. The smallest absolute Gasteiger partial charge is 0.323 e. The summed E-state index contributed by atoms with van der Waals surface area (Å²) in [6, 6.07) is 11.5. The second kappa shape index (κ2) is 8.64. The largest absolute Gasteiger partial charge is 0.389 e. The predicted molar refractivity (Wildman–Crippen MR) is 108 cm³/mol. The Morgan fingerprint density at radius 2 is 1.96 bits per heavy atom. The maximum Gasteiger partial charge on any atom is 0.323 e. The summed E-state index contributed by atoms with van der Waals surface area (Å²) in [7, 11) is 1.57. The first-order valence-electron chi connectivity index (χ1n) is 8.82. The molecule has 0 fully saturated rings. The van der Waals surface area contributed by atoms with Gasteiger partial charge < -0.3 is 20.5 Å². The van der Waals surface area contributed by atoms with Crippen LogP contribution in [0, 0.1) is 0 Å². The number of carbonyl (C=O) groups is 1. The highest BCUT2D eigenvalue weighted by molar-refractivity contribution is 6.00. The number of ether oxygens (including phenoxy) is 1. The Balaban J connectivity index is 1.78. The Bertz CT molecular complexity index is 1050. The van der Waals surface area contributed by atoms with Gasteiger partial charge in [-0.05, 0) is 42.8 Å². The highest BCUT2D eigenvalue weighted by atomic mass is 16.5. The number of methoxy groups -OCH3 is 1. The lowest BCUT2D eigenvalue weighted by Gasteiger charge is -2.11. The molecule has 1 atom stereocenters. The van der Waals surface area contributed by atoms with Crippen molar-refractivity contribution in [1.29, 1.82) is 0 Å². The minimum Gasteiger partial charge on any atom is -0.389 e. The number of carbonyl (C=O) groups excluding carboxylic acids is 1. The van der Waals surface area contributed by atoms with Crippen molar-refractivity contribution in [2.45, 2.75) is 19.6 Å². The fourth-order valence-corrected chi connectivity index (χ4v) is 2.76. The Kier molecular flexibility index (Phi) is 6.03. The van der Waals surface area contributed by atoms with Crippen LogP contribution in [0.1, 0.15) is 18.6 Å². The van der Waals surface area contributed by atoms with E-state index in [1.54, 1.807) is 56.5 Å². The van der Waals surface area contributed by atoms with Crippen molar-refractivity contribution in [1.82, 2.24) is 9.55 Å². The number of hydrogen-bond acceptors (Lipinski definition) is 5. The molecule has 3 rings (SSSR count). The third kappa shape index (κ3) is 4.54. The molecule has 2 aromatic carbocycles. The van der Waals surface area contributed by atoms with E-state index in [0.29, 0.717) is 41.0 Å². The SMILES string of the molecule is COCCn1cnc2ccc(NC(=O)Nc3cccc(C(C)O)c3)cc2c1=O. The molecule has 0 aliphatic rings. The van der Waals surface area contributed by atoms with Crippen LogP contribution in [0.5, 0.6) is 0 Å². The number of benzene rings is 2. The van der Waals surface area contributed by atoms with Crippen molar-refractivity contribution in [3.05, 3.63) is 64.7 Å². The highest BCUT2D eigenvalue weighted by Gasteiger charge is 2.09. The fourth-order valence-electron chi connectivity index (χ4n) is 2.76. The molecule has 8 nitrogen and oxygen atoms in total. The second-order valence-corrected chi connectivity index (χ2v) is 6.35. The van der Waals surface area contributed by atoms with Crippen LogP contribution in [0.2, 0.25) is 0 Å². The first-order chi connectivity index (χ1) is 13.5. The average Bonchev–Trinajstić information content (AvgIpc) is 2.68.